The molecule has 25 heavy (non-hydrogen) atoms. The van der Waals surface area contributed by atoms with E-state index >= 15 is 0 Å². The third-order valence-corrected chi connectivity index (χ3v) is 4.14. The number of amides is 1. The second kappa shape index (κ2) is 6.75. The quantitative estimate of drug-likeness (QED) is 0.784. The lowest BCUT2D eigenvalue weighted by Crippen LogP contribution is -2.47. The number of hydrogen-bond acceptors (Lipinski definition) is 6. The molecule has 1 aliphatic carbocycles. The molecule has 0 spiro atoms. The van der Waals surface area contributed by atoms with E-state index in [0.717, 1.165) is 0 Å². The summed E-state index contributed by atoms with van der Waals surface area (Å²) in [6, 6.07) is -0.983. The molecule has 1 saturated heterocycles. The van der Waals surface area contributed by atoms with E-state index in [1.807, 2.05) is 5.32 Å². The SMILES string of the molecule is O=C(O)N[C@H]1CO[C@H](c2nnc(C3CC(OC(F)(F)F)C3)o2)C[C@@H]1F. The van der Waals surface area contributed by atoms with Crippen molar-refractivity contribution < 1.29 is 41.4 Å². The Morgan fingerprint density at radius 2 is 1.92 bits per heavy atom. The molecular weight excluding hydrogens is 354 g/mol. The number of ether oxygens (including phenoxy) is 2. The summed E-state index contributed by atoms with van der Waals surface area (Å²) in [6.45, 7) is -0.194. The Kier molecular flexibility index (Phi) is 4.82. The molecule has 2 N–H and O–H groups in total. The van der Waals surface area contributed by atoms with Gasteiger partial charge in [0.2, 0.25) is 11.8 Å². The van der Waals surface area contributed by atoms with Gasteiger partial charge in [0.15, 0.2) is 0 Å². The Morgan fingerprint density at radius 1 is 1.24 bits per heavy atom. The molecule has 0 aromatic carbocycles. The molecule has 1 amide bonds. The van der Waals surface area contributed by atoms with Crippen molar-refractivity contribution in [2.75, 3.05) is 6.61 Å². The molecular formula is C13H15F4N3O5. The summed E-state index contributed by atoms with van der Waals surface area (Å²) >= 11 is 0. The predicted octanol–water partition coefficient (Wildman–Crippen LogP) is 2.29. The lowest BCUT2D eigenvalue weighted by molar-refractivity contribution is -0.352. The zero-order valence-corrected chi connectivity index (χ0v) is 12.7. The maximum atomic E-state index is 14.0. The molecule has 3 rings (SSSR count). The van der Waals surface area contributed by atoms with Crippen LogP contribution in [-0.4, -0.2) is 52.7 Å². The molecule has 0 radical (unpaired) electrons. The van der Waals surface area contributed by atoms with Crippen LogP contribution in [0.2, 0.25) is 0 Å². The predicted molar refractivity (Wildman–Crippen MR) is 70.4 cm³/mol. The number of carbonyl (C=O) groups is 1. The molecule has 0 unspecified atom stereocenters. The molecule has 2 heterocycles. The number of aromatic nitrogens is 2. The molecule has 0 bridgehead atoms. The van der Waals surface area contributed by atoms with E-state index in [0.29, 0.717) is 0 Å². The van der Waals surface area contributed by atoms with Gasteiger partial charge < -0.3 is 19.6 Å². The Hall–Kier alpha value is -1.95. The van der Waals surface area contributed by atoms with Crippen LogP contribution in [0.3, 0.4) is 0 Å². The van der Waals surface area contributed by atoms with Crippen molar-refractivity contribution in [1.82, 2.24) is 15.5 Å². The first-order valence-corrected chi connectivity index (χ1v) is 7.54. The fraction of sp³-hybridized carbons (Fsp3) is 0.769. The highest BCUT2D eigenvalue weighted by molar-refractivity contribution is 5.65. The Balaban J connectivity index is 1.52. The van der Waals surface area contributed by atoms with Crippen molar-refractivity contribution in [2.45, 2.75) is 56.0 Å². The minimum absolute atomic E-state index is 0.0200. The number of carboxylic acid groups (broad SMARTS) is 1. The van der Waals surface area contributed by atoms with Gasteiger partial charge in [-0.15, -0.1) is 23.4 Å². The van der Waals surface area contributed by atoms with E-state index in [1.54, 1.807) is 0 Å². The van der Waals surface area contributed by atoms with Crippen molar-refractivity contribution in [1.29, 1.82) is 0 Å². The molecule has 1 aliphatic heterocycles. The monoisotopic (exact) mass is 369 g/mol. The molecule has 2 aliphatic rings. The van der Waals surface area contributed by atoms with Gasteiger partial charge in [-0.2, -0.15) is 0 Å². The van der Waals surface area contributed by atoms with E-state index < -0.39 is 36.9 Å². The number of rotatable bonds is 4. The molecule has 1 saturated carbocycles. The first-order valence-electron chi connectivity index (χ1n) is 7.54. The Bertz CT molecular complexity index is 619. The van der Waals surface area contributed by atoms with E-state index in [9.17, 15) is 22.4 Å². The fourth-order valence-electron chi connectivity index (χ4n) is 2.82. The molecule has 2 fully saturated rings. The minimum Gasteiger partial charge on any atom is -0.465 e. The molecule has 8 nitrogen and oxygen atoms in total. The van der Waals surface area contributed by atoms with Gasteiger partial charge >= 0.3 is 12.5 Å². The second-order valence-corrected chi connectivity index (χ2v) is 5.96. The highest BCUT2D eigenvalue weighted by Gasteiger charge is 2.43. The maximum Gasteiger partial charge on any atom is 0.522 e. The van der Waals surface area contributed by atoms with Gasteiger partial charge in [-0.05, 0) is 12.8 Å². The lowest BCUT2D eigenvalue weighted by Gasteiger charge is -2.33. The van der Waals surface area contributed by atoms with Crippen LogP contribution in [0.4, 0.5) is 22.4 Å². The van der Waals surface area contributed by atoms with Crippen LogP contribution < -0.4 is 5.32 Å². The zero-order chi connectivity index (χ0) is 18.2. The maximum absolute atomic E-state index is 14.0. The molecule has 1 aromatic heterocycles. The normalized spacial score (nSPS) is 32.9. The molecule has 12 heteroatoms. The topological polar surface area (TPSA) is 107 Å². The van der Waals surface area contributed by atoms with E-state index in [1.165, 1.54) is 0 Å². The highest BCUT2D eigenvalue weighted by Crippen LogP contribution is 2.41. The van der Waals surface area contributed by atoms with Crippen LogP contribution >= 0.6 is 0 Å². The Labute approximate surface area is 138 Å². The summed E-state index contributed by atoms with van der Waals surface area (Å²) in [4.78, 5) is 10.5. The largest absolute Gasteiger partial charge is 0.522 e. The van der Waals surface area contributed by atoms with Crippen LogP contribution in [-0.2, 0) is 9.47 Å². The number of hydrogen-bond donors (Lipinski definition) is 2. The summed E-state index contributed by atoms with van der Waals surface area (Å²) in [5, 5.41) is 18.1. The van der Waals surface area contributed by atoms with Crippen molar-refractivity contribution in [3.8, 4) is 0 Å². The zero-order valence-electron chi connectivity index (χ0n) is 12.7. The van der Waals surface area contributed by atoms with Gasteiger partial charge in [0.1, 0.15) is 12.3 Å². The van der Waals surface area contributed by atoms with Crippen molar-refractivity contribution in [3.63, 3.8) is 0 Å². The number of nitrogens with zero attached hydrogens (tertiary/aromatic N) is 2. The number of halogens is 4. The lowest BCUT2D eigenvalue weighted by atomic mass is 9.82. The van der Waals surface area contributed by atoms with E-state index in [2.05, 4.69) is 14.9 Å². The third kappa shape index (κ3) is 4.37. The average molecular weight is 369 g/mol. The fourth-order valence-corrected chi connectivity index (χ4v) is 2.82. The first kappa shape index (κ1) is 17.9. The summed E-state index contributed by atoms with van der Waals surface area (Å²) in [6.07, 6.45) is -9.26. The summed E-state index contributed by atoms with van der Waals surface area (Å²) in [5.74, 6) is -0.173. The van der Waals surface area contributed by atoms with Crippen molar-refractivity contribution >= 4 is 6.09 Å². The highest BCUT2D eigenvalue weighted by atomic mass is 19.4. The van der Waals surface area contributed by atoms with Crippen LogP contribution in [0.1, 0.15) is 43.1 Å². The van der Waals surface area contributed by atoms with Gasteiger partial charge in [0.25, 0.3) is 0 Å². The van der Waals surface area contributed by atoms with Gasteiger partial charge in [-0.3, -0.25) is 4.74 Å². The van der Waals surface area contributed by atoms with Gasteiger partial charge in [0, 0.05) is 12.3 Å². The smallest absolute Gasteiger partial charge is 0.465 e. The van der Waals surface area contributed by atoms with Gasteiger partial charge in [0.05, 0.1) is 18.8 Å². The molecule has 3 atom stereocenters. The summed E-state index contributed by atoms with van der Waals surface area (Å²) in [5.41, 5.74) is 0. The molecule has 1 aromatic rings. The Morgan fingerprint density at radius 3 is 2.52 bits per heavy atom. The van der Waals surface area contributed by atoms with Crippen LogP contribution in [0.25, 0.3) is 0 Å². The summed E-state index contributed by atoms with van der Waals surface area (Å²) < 4.78 is 64.8. The van der Waals surface area contributed by atoms with E-state index in [-0.39, 0.29) is 43.6 Å². The van der Waals surface area contributed by atoms with Gasteiger partial charge in [-0.25, -0.2) is 9.18 Å². The third-order valence-electron chi connectivity index (χ3n) is 4.14. The standard InChI is InChI=1S/C13H15F4N3O5/c14-7-3-9(23-4-8(7)18-12(21)22)11-20-19-10(24-11)5-1-6(2-5)25-13(15,16)17/h5-9,18H,1-4H2,(H,21,22)/t5?,6?,7-,8-,9-/m0/s1. The first-order chi connectivity index (χ1) is 11.7. The average Bonchev–Trinajstić information content (AvgIpc) is 2.92. The van der Waals surface area contributed by atoms with Crippen molar-refractivity contribution in [2.24, 2.45) is 0 Å². The van der Waals surface area contributed by atoms with Crippen molar-refractivity contribution in [3.05, 3.63) is 11.8 Å². The number of alkyl halides is 4. The van der Waals surface area contributed by atoms with Crippen LogP contribution in [0, 0.1) is 0 Å². The van der Waals surface area contributed by atoms with Crippen LogP contribution in [0.15, 0.2) is 4.42 Å². The van der Waals surface area contributed by atoms with E-state index in [4.69, 9.17) is 14.3 Å². The minimum atomic E-state index is -4.68. The number of nitrogens with one attached hydrogen (secondary N) is 1. The summed E-state index contributed by atoms with van der Waals surface area (Å²) in [7, 11) is 0. The molecule has 140 valence electrons. The second-order valence-electron chi connectivity index (χ2n) is 5.96. The van der Waals surface area contributed by atoms with Crippen LogP contribution in [0.5, 0.6) is 0 Å². The van der Waals surface area contributed by atoms with Gasteiger partial charge in [-0.1, -0.05) is 0 Å².